The summed E-state index contributed by atoms with van der Waals surface area (Å²) in [5.41, 5.74) is 1.56. The number of furan rings is 1. The summed E-state index contributed by atoms with van der Waals surface area (Å²) in [6, 6.07) is 7.53. The van der Waals surface area contributed by atoms with Crippen molar-refractivity contribution < 1.29 is 14.3 Å². The molecule has 0 fully saturated rings. The minimum Gasteiger partial charge on any atom is -0.478 e. The Morgan fingerprint density at radius 3 is 2.61 bits per heavy atom. The fourth-order valence-electron chi connectivity index (χ4n) is 1.73. The SMILES string of the molecule is O=C(O)c1cnc(-c2coc3ccccc23)nc1. The van der Waals surface area contributed by atoms with E-state index in [0.29, 0.717) is 5.82 Å². The largest absolute Gasteiger partial charge is 0.478 e. The monoisotopic (exact) mass is 240 g/mol. The summed E-state index contributed by atoms with van der Waals surface area (Å²) >= 11 is 0. The fraction of sp³-hybridized carbons (Fsp3) is 0. The van der Waals surface area contributed by atoms with Gasteiger partial charge in [0.2, 0.25) is 0 Å². The van der Waals surface area contributed by atoms with Crippen LogP contribution in [0.2, 0.25) is 0 Å². The van der Waals surface area contributed by atoms with Crippen LogP contribution in [-0.2, 0) is 0 Å². The number of fused-ring (bicyclic) bond motifs is 1. The highest BCUT2D eigenvalue weighted by Gasteiger charge is 2.11. The second-order valence-electron chi connectivity index (χ2n) is 3.75. The summed E-state index contributed by atoms with van der Waals surface area (Å²) in [6.07, 6.45) is 4.14. The van der Waals surface area contributed by atoms with Gasteiger partial charge >= 0.3 is 5.97 Å². The van der Waals surface area contributed by atoms with Crippen molar-refractivity contribution in [1.82, 2.24) is 9.97 Å². The molecule has 18 heavy (non-hydrogen) atoms. The van der Waals surface area contributed by atoms with E-state index in [9.17, 15) is 4.79 Å². The quantitative estimate of drug-likeness (QED) is 0.745. The molecule has 0 aliphatic rings. The molecule has 5 nitrogen and oxygen atoms in total. The van der Waals surface area contributed by atoms with E-state index in [4.69, 9.17) is 9.52 Å². The van der Waals surface area contributed by atoms with Crippen LogP contribution in [0.5, 0.6) is 0 Å². The molecular formula is C13H8N2O3. The molecular weight excluding hydrogens is 232 g/mol. The maximum absolute atomic E-state index is 10.7. The molecule has 0 unspecified atom stereocenters. The van der Waals surface area contributed by atoms with E-state index in [1.54, 1.807) is 6.26 Å². The lowest BCUT2D eigenvalue weighted by molar-refractivity contribution is 0.0696. The van der Waals surface area contributed by atoms with Crippen molar-refractivity contribution in [3.63, 3.8) is 0 Å². The maximum atomic E-state index is 10.7. The smallest absolute Gasteiger partial charge is 0.338 e. The lowest BCUT2D eigenvalue weighted by atomic mass is 10.1. The number of benzene rings is 1. The van der Waals surface area contributed by atoms with Crippen molar-refractivity contribution in [3.05, 3.63) is 48.5 Å². The molecule has 0 amide bonds. The zero-order valence-corrected chi connectivity index (χ0v) is 9.20. The Labute approximate surface area is 102 Å². The van der Waals surface area contributed by atoms with Gasteiger partial charge in [-0.05, 0) is 6.07 Å². The molecule has 0 atom stereocenters. The minimum absolute atomic E-state index is 0.0616. The van der Waals surface area contributed by atoms with E-state index in [1.807, 2.05) is 24.3 Å². The van der Waals surface area contributed by atoms with Crippen molar-refractivity contribution in [2.24, 2.45) is 0 Å². The molecule has 2 aromatic heterocycles. The molecule has 0 saturated heterocycles. The number of para-hydroxylation sites is 1. The Morgan fingerprint density at radius 2 is 1.89 bits per heavy atom. The highest BCUT2D eigenvalue weighted by molar-refractivity contribution is 5.92. The standard InChI is InChI=1S/C13H8N2O3/c16-13(17)8-5-14-12(15-6-8)10-7-18-11-4-2-1-3-9(10)11/h1-7H,(H,16,17). The van der Waals surface area contributed by atoms with E-state index in [0.717, 1.165) is 16.5 Å². The Balaban J connectivity index is 2.12. The topological polar surface area (TPSA) is 76.2 Å². The third-order valence-electron chi connectivity index (χ3n) is 2.62. The van der Waals surface area contributed by atoms with Crippen LogP contribution in [0.1, 0.15) is 10.4 Å². The van der Waals surface area contributed by atoms with Crippen molar-refractivity contribution in [2.45, 2.75) is 0 Å². The lowest BCUT2D eigenvalue weighted by Gasteiger charge is -1.97. The summed E-state index contributed by atoms with van der Waals surface area (Å²) < 4.78 is 5.38. The van der Waals surface area contributed by atoms with Gasteiger partial charge in [-0.1, -0.05) is 18.2 Å². The third-order valence-corrected chi connectivity index (χ3v) is 2.62. The minimum atomic E-state index is -1.04. The van der Waals surface area contributed by atoms with Gasteiger partial charge in [0.05, 0.1) is 11.1 Å². The van der Waals surface area contributed by atoms with Crippen LogP contribution < -0.4 is 0 Å². The van der Waals surface area contributed by atoms with Gasteiger partial charge in [-0.25, -0.2) is 14.8 Å². The molecule has 2 heterocycles. The summed E-state index contributed by atoms with van der Waals surface area (Å²) in [6.45, 7) is 0. The van der Waals surface area contributed by atoms with Gasteiger partial charge in [0.25, 0.3) is 0 Å². The molecule has 0 bridgehead atoms. The van der Waals surface area contributed by atoms with Crippen molar-refractivity contribution in [3.8, 4) is 11.4 Å². The summed E-state index contributed by atoms with van der Waals surface area (Å²) in [5.74, 6) is -0.594. The van der Waals surface area contributed by atoms with Gasteiger partial charge < -0.3 is 9.52 Å². The second-order valence-corrected chi connectivity index (χ2v) is 3.75. The molecule has 5 heteroatoms. The van der Waals surface area contributed by atoms with E-state index >= 15 is 0 Å². The number of hydrogen-bond donors (Lipinski definition) is 1. The Kier molecular flexibility index (Phi) is 2.30. The van der Waals surface area contributed by atoms with Crippen LogP contribution in [0.15, 0.2) is 47.3 Å². The summed E-state index contributed by atoms with van der Waals surface area (Å²) in [5, 5.41) is 9.68. The molecule has 0 spiro atoms. The zero-order chi connectivity index (χ0) is 12.5. The Bertz CT molecular complexity index is 716. The van der Waals surface area contributed by atoms with E-state index < -0.39 is 5.97 Å². The second kappa shape index (κ2) is 3.96. The van der Waals surface area contributed by atoms with Crippen LogP contribution >= 0.6 is 0 Å². The third kappa shape index (κ3) is 1.62. The van der Waals surface area contributed by atoms with Gasteiger partial charge in [-0.15, -0.1) is 0 Å². The van der Waals surface area contributed by atoms with Crippen molar-refractivity contribution >= 4 is 16.9 Å². The number of aromatic carboxylic acids is 1. The van der Waals surface area contributed by atoms with Gasteiger partial charge in [0.1, 0.15) is 11.8 Å². The number of carbonyl (C=O) groups is 1. The van der Waals surface area contributed by atoms with Crippen LogP contribution in [0.4, 0.5) is 0 Å². The first kappa shape index (κ1) is 10.5. The molecule has 88 valence electrons. The van der Waals surface area contributed by atoms with Crippen LogP contribution in [0, 0.1) is 0 Å². The zero-order valence-electron chi connectivity index (χ0n) is 9.20. The molecule has 1 N–H and O–H groups in total. The first-order valence-electron chi connectivity index (χ1n) is 5.27. The van der Waals surface area contributed by atoms with Crippen LogP contribution in [0.3, 0.4) is 0 Å². The van der Waals surface area contributed by atoms with Gasteiger partial charge in [-0.3, -0.25) is 0 Å². The Hall–Kier alpha value is -2.69. The number of nitrogens with zero attached hydrogens (tertiary/aromatic N) is 2. The van der Waals surface area contributed by atoms with Crippen LogP contribution in [-0.4, -0.2) is 21.0 Å². The predicted molar refractivity (Wildman–Crippen MR) is 64.2 cm³/mol. The fourth-order valence-corrected chi connectivity index (χ4v) is 1.73. The number of hydrogen-bond acceptors (Lipinski definition) is 4. The average molecular weight is 240 g/mol. The molecule has 0 saturated carbocycles. The molecule has 3 aromatic rings. The summed E-state index contributed by atoms with van der Waals surface area (Å²) in [7, 11) is 0. The maximum Gasteiger partial charge on any atom is 0.338 e. The molecule has 3 rings (SSSR count). The van der Waals surface area contributed by atoms with E-state index in [2.05, 4.69) is 9.97 Å². The molecule has 0 aliphatic carbocycles. The van der Waals surface area contributed by atoms with Gasteiger partial charge in [-0.2, -0.15) is 0 Å². The van der Waals surface area contributed by atoms with Crippen LogP contribution in [0.25, 0.3) is 22.4 Å². The van der Waals surface area contributed by atoms with Gasteiger partial charge in [0.15, 0.2) is 5.82 Å². The predicted octanol–water partition coefficient (Wildman–Crippen LogP) is 2.59. The lowest BCUT2D eigenvalue weighted by Crippen LogP contribution is -1.99. The normalized spacial score (nSPS) is 10.7. The van der Waals surface area contributed by atoms with E-state index in [-0.39, 0.29) is 5.56 Å². The first-order valence-corrected chi connectivity index (χ1v) is 5.27. The number of carboxylic acids is 1. The molecule has 1 aromatic carbocycles. The molecule has 0 aliphatic heterocycles. The number of rotatable bonds is 2. The summed E-state index contributed by atoms with van der Waals surface area (Å²) in [4.78, 5) is 18.8. The van der Waals surface area contributed by atoms with E-state index in [1.165, 1.54) is 12.4 Å². The van der Waals surface area contributed by atoms with Gasteiger partial charge in [0, 0.05) is 17.8 Å². The number of carboxylic acid groups (broad SMARTS) is 1. The Morgan fingerprint density at radius 1 is 1.17 bits per heavy atom. The number of aromatic nitrogens is 2. The van der Waals surface area contributed by atoms with Crippen molar-refractivity contribution in [2.75, 3.05) is 0 Å². The highest BCUT2D eigenvalue weighted by atomic mass is 16.4. The molecule has 0 radical (unpaired) electrons. The average Bonchev–Trinajstić information content (AvgIpc) is 2.82. The van der Waals surface area contributed by atoms with Crippen molar-refractivity contribution in [1.29, 1.82) is 0 Å². The first-order chi connectivity index (χ1) is 8.75. The highest BCUT2D eigenvalue weighted by Crippen LogP contribution is 2.27.